The van der Waals surface area contributed by atoms with Gasteiger partial charge in [0.05, 0.1) is 0 Å². The summed E-state index contributed by atoms with van der Waals surface area (Å²) in [6.07, 6.45) is 3.47. The van der Waals surface area contributed by atoms with Crippen LogP contribution in [0, 0.1) is 0 Å². The molecule has 46 valence electrons. The van der Waals surface area contributed by atoms with Gasteiger partial charge in [0.25, 0.3) is 0 Å². The van der Waals surface area contributed by atoms with Crippen LogP contribution in [0.2, 0.25) is 0 Å². The molecule has 0 saturated carbocycles. The van der Waals surface area contributed by atoms with Gasteiger partial charge in [-0.05, 0) is 13.8 Å². The molecule has 0 aromatic rings. The van der Waals surface area contributed by atoms with E-state index in [9.17, 15) is 0 Å². The number of allylic oxidation sites excluding steroid dienone is 3. The van der Waals surface area contributed by atoms with Gasteiger partial charge in [0, 0.05) is 0 Å². The molecule has 8 heavy (non-hydrogen) atoms. The Morgan fingerprint density at radius 2 is 1.50 bits per heavy atom. The quantitative estimate of drug-likeness (QED) is 0.359. The summed E-state index contributed by atoms with van der Waals surface area (Å²) < 4.78 is 0. The molecular weight excluding hydrogens is 96.1 g/mol. The summed E-state index contributed by atoms with van der Waals surface area (Å²) in [6.45, 7) is 14.2. The lowest BCUT2D eigenvalue weighted by atomic mass is 10.4. The van der Waals surface area contributed by atoms with E-state index in [-0.39, 0.29) is 0 Å². The lowest BCUT2D eigenvalue weighted by Crippen LogP contribution is -1.50. The van der Waals surface area contributed by atoms with Crippen LogP contribution >= 0.6 is 0 Å². The fourth-order valence-corrected chi connectivity index (χ4v) is 0. The SMILES string of the molecule is C=CC.C=CC(=C)C. The Kier molecular flexibility index (Phi) is 12.2. The zero-order valence-corrected chi connectivity index (χ0v) is 5.78. The Morgan fingerprint density at radius 1 is 1.38 bits per heavy atom. The highest BCUT2D eigenvalue weighted by atomic mass is 13.7. The molecule has 0 heterocycles. The maximum atomic E-state index is 3.56. The van der Waals surface area contributed by atoms with Crippen molar-refractivity contribution in [3.05, 3.63) is 37.5 Å². The van der Waals surface area contributed by atoms with Gasteiger partial charge in [-0.2, -0.15) is 0 Å². The first kappa shape index (κ1) is 10.3. The molecule has 0 aliphatic heterocycles. The third-order valence-electron chi connectivity index (χ3n) is 0.348. The average Bonchev–Trinajstić information content (AvgIpc) is 1.69. The predicted octanol–water partition coefficient (Wildman–Crippen LogP) is 2.94. The minimum absolute atomic E-state index is 1.02. The first-order valence-corrected chi connectivity index (χ1v) is 2.54. The van der Waals surface area contributed by atoms with E-state index in [2.05, 4.69) is 19.7 Å². The van der Waals surface area contributed by atoms with Gasteiger partial charge in [0.2, 0.25) is 0 Å². The maximum absolute atomic E-state index is 3.56. The molecule has 0 heteroatoms. The molecule has 0 saturated heterocycles. The van der Waals surface area contributed by atoms with Crippen LogP contribution in [0.1, 0.15) is 13.8 Å². The van der Waals surface area contributed by atoms with Crippen molar-refractivity contribution < 1.29 is 0 Å². The van der Waals surface area contributed by atoms with Crippen molar-refractivity contribution in [3.63, 3.8) is 0 Å². The molecule has 0 aromatic heterocycles. The second kappa shape index (κ2) is 9.52. The van der Waals surface area contributed by atoms with Gasteiger partial charge in [-0.25, -0.2) is 0 Å². The summed E-state index contributed by atoms with van der Waals surface area (Å²) in [7, 11) is 0. The largest absolute Gasteiger partial charge is 0.103 e. The van der Waals surface area contributed by atoms with Gasteiger partial charge in [-0.15, -0.1) is 6.58 Å². The molecule has 0 fully saturated rings. The number of hydrogen-bond donors (Lipinski definition) is 0. The standard InChI is InChI=1S/C5H8.C3H6/c1-4-5(2)3;1-3-2/h4H,1-2H2,3H3;3H,1H2,2H3. The zero-order valence-electron chi connectivity index (χ0n) is 5.78. The first-order chi connectivity index (χ1) is 3.68. The van der Waals surface area contributed by atoms with Crippen molar-refractivity contribution in [2.75, 3.05) is 0 Å². The van der Waals surface area contributed by atoms with Gasteiger partial charge in [-0.3, -0.25) is 0 Å². The summed E-state index contributed by atoms with van der Waals surface area (Å²) in [5, 5.41) is 0. The molecule has 0 aliphatic rings. The van der Waals surface area contributed by atoms with E-state index in [1.165, 1.54) is 0 Å². The number of rotatable bonds is 1. The molecule has 0 spiro atoms. The van der Waals surface area contributed by atoms with Crippen molar-refractivity contribution in [1.82, 2.24) is 0 Å². The number of hydrogen-bond acceptors (Lipinski definition) is 0. The van der Waals surface area contributed by atoms with Crippen LogP contribution < -0.4 is 0 Å². The van der Waals surface area contributed by atoms with Gasteiger partial charge in [-0.1, -0.05) is 30.9 Å². The molecule has 0 aromatic carbocycles. The van der Waals surface area contributed by atoms with Crippen LogP contribution in [-0.2, 0) is 0 Å². The fourth-order valence-electron chi connectivity index (χ4n) is 0. The van der Waals surface area contributed by atoms with Gasteiger partial charge < -0.3 is 0 Å². The second-order valence-electron chi connectivity index (χ2n) is 1.46. The van der Waals surface area contributed by atoms with Crippen molar-refractivity contribution in [2.24, 2.45) is 0 Å². The van der Waals surface area contributed by atoms with Crippen LogP contribution in [0.5, 0.6) is 0 Å². The molecule has 0 radical (unpaired) electrons. The molecule has 0 nitrogen and oxygen atoms in total. The van der Waals surface area contributed by atoms with Crippen molar-refractivity contribution in [1.29, 1.82) is 0 Å². The second-order valence-corrected chi connectivity index (χ2v) is 1.46. The fraction of sp³-hybridized carbons (Fsp3) is 0.250. The van der Waals surface area contributed by atoms with Crippen molar-refractivity contribution in [3.8, 4) is 0 Å². The summed E-state index contributed by atoms with van der Waals surface area (Å²) in [4.78, 5) is 0. The van der Waals surface area contributed by atoms with E-state index >= 15 is 0 Å². The third-order valence-corrected chi connectivity index (χ3v) is 0.348. The molecular formula is C8H14. The summed E-state index contributed by atoms with van der Waals surface area (Å²) in [6, 6.07) is 0. The molecule has 0 bridgehead atoms. The third kappa shape index (κ3) is 62.5. The predicted molar refractivity (Wildman–Crippen MR) is 40.9 cm³/mol. The van der Waals surface area contributed by atoms with Crippen LogP contribution in [0.4, 0.5) is 0 Å². The lowest BCUT2D eigenvalue weighted by Gasteiger charge is -1.71. The Labute approximate surface area is 52.2 Å². The molecule has 0 rings (SSSR count). The molecule has 0 aliphatic carbocycles. The van der Waals surface area contributed by atoms with Gasteiger partial charge in [0.15, 0.2) is 0 Å². The lowest BCUT2D eigenvalue weighted by molar-refractivity contribution is 1.58. The maximum Gasteiger partial charge on any atom is -0.0404 e. The van der Waals surface area contributed by atoms with Crippen molar-refractivity contribution >= 4 is 0 Å². The van der Waals surface area contributed by atoms with Crippen LogP contribution in [-0.4, -0.2) is 0 Å². The van der Waals surface area contributed by atoms with Crippen LogP contribution in [0.3, 0.4) is 0 Å². The van der Waals surface area contributed by atoms with Gasteiger partial charge in [0.1, 0.15) is 0 Å². The highest BCUT2D eigenvalue weighted by Crippen LogP contribution is 1.81. The minimum Gasteiger partial charge on any atom is -0.103 e. The van der Waals surface area contributed by atoms with E-state index in [4.69, 9.17) is 0 Å². The smallest absolute Gasteiger partial charge is 0.0404 e. The van der Waals surface area contributed by atoms with E-state index in [0.717, 1.165) is 5.57 Å². The zero-order chi connectivity index (χ0) is 6.99. The summed E-state index contributed by atoms with van der Waals surface area (Å²) in [5.41, 5.74) is 1.02. The van der Waals surface area contributed by atoms with E-state index < -0.39 is 0 Å². The van der Waals surface area contributed by atoms with Crippen molar-refractivity contribution in [2.45, 2.75) is 13.8 Å². The minimum atomic E-state index is 1.02. The molecule has 0 amide bonds. The average molecular weight is 110 g/mol. The van der Waals surface area contributed by atoms with E-state index in [1.54, 1.807) is 12.2 Å². The Hall–Kier alpha value is -0.780. The Morgan fingerprint density at radius 3 is 1.50 bits per heavy atom. The topological polar surface area (TPSA) is 0 Å². The van der Waals surface area contributed by atoms with Crippen LogP contribution in [0.15, 0.2) is 37.5 Å². The molecule has 0 N–H and O–H groups in total. The highest BCUT2D eigenvalue weighted by Gasteiger charge is 1.59. The molecule has 0 unspecified atom stereocenters. The summed E-state index contributed by atoms with van der Waals surface area (Å²) >= 11 is 0. The van der Waals surface area contributed by atoms with E-state index in [0.29, 0.717) is 0 Å². The normalized spacial score (nSPS) is 5.75. The monoisotopic (exact) mass is 110 g/mol. The highest BCUT2D eigenvalue weighted by molar-refractivity contribution is 5.05. The Balaban J connectivity index is 0. The Bertz CT molecular complexity index is 78.0. The van der Waals surface area contributed by atoms with E-state index in [1.807, 2.05) is 13.8 Å². The van der Waals surface area contributed by atoms with Gasteiger partial charge >= 0.3 is 0 Å². The summed E-state index contributed by atoms with van der Waals surface area (Å²) in [5.74, 6) is 0. The van der Waals surface area contributed by atoms with Crippen LogP contribution in [0.25, 0.3) is 0 Å². The first-order valence-electron chi connectivity index (χ1n) is 2.54. The molecule has 0 atom stereocenters.